The van der Waals surface area contributed by atoms with Gasteiger partial charge in [0, 0.05) is 12.0 Å². The Morgan fingerprint density at radius 2 is 1.71 bits per heavy atom. The molecule has 1 unspecified atom stereocenters. The highest BCUT2D eigenvalue weighted by Crippen LogP contribution is 2.29. The first-order valence-corrected chi connectivity index (χ1v) is 7.15. The van der Waals surface area contributed by atoms with E-state index in [1.807, 2.05) is 12.1 Å². The quantitative estimate of drug-likeness (QED) is 0.885. The van der Waals surface area contributed by atoms with E-state index in [-0.39, 0.29) is 5.92 Å². The van der Waals surface area contributed by atoms with Crippen molar-refractivity contribution in [1.29, 1.82) is 0 Å². The van der Waals surface area contributed by atoms with Crippen LogP contribution in [-0.2, 0) is 6.42 Å². The van der Waals surface area contributed by atoms with Crippen LogP contribution >= 0.6 is 0 Å². The lowest BCUT2D eigenvalue weighted by Gasteiger charge is -2.18. The summed E-state index contributed by atoms with van der Waals surface area (Å²) in [4.78, 5) is 0. The van der Waals surface area contributed by atoms with Crippen molar-refractivity contribution in [3.8, 4) is 11.5 Å². The van der Waals surface area contributed by atoms with Crippen LogP contribution in [0.3, 0.4) is 0 Å². The third-order valence-corrected chi connectivity index (χ3v) is 3.79. The molecule has 2 aromatic rings. The van der Waals surface area contributed by atoms with Crippen LogP contribution in [0.4, 0.5) is 0 Å². The van der Waals surface area contributed by atoms with Gasteiger partial charge in [-0.25, -0.2) is 0 Å². The maximum Gasteiger partial charge on any atom is 0.125 e. The molecule has 21 heavy (non-hydrogen) atoms. The molecule has 112 valence electrons. The average Bonchev–Trinajstić information content (AvgIpc) is 2.53. The Morgan fingerprint density at radius 1 is 1.00 bits per heavy atom. The van der Waals surface area contributed by atoms with Crippen LogP contribution in [-0.4, -0.2) is 20.8 Å². The zero-order valence-electron chi connectivity index (χ0n) is 12.9. The van der Waals surface area contributed by atoms with Gasteiger partial charge in [-0.1, -0.05) is 35.9 Å². The van der Waals surface area contributed by atoms with E-state index in [0.717, 1.165) is 23.5 Å². The van der Waals surface area contributed by atoms with Gasteiger partial charge < -0.3 is 15.2 Å². The van der Waals surface area contributed by atoms with E-state index in [4.69, 9.17) is 15.2 Å². The van der Waals surface area contributed by atoms with Gasteiger partial charge >= 0.3 is 0 Å². The predicted molar refractivity (Wildman–Crippen MR) is 86.2 cm³/mol. The Labute approximate surface area is 126 Å². The number of benzene rings is 2. The van der Waals surface area contributed by atoms with Crippen LogP contribution in [0.2, 0.25) is 0 Å². The normalized spacial score (nSPS) is 12.0. The van der Waals surface area contributed by atoms with Crippen LogP contribution in [0.1, 0.15) is 22.6 Å². The summed E-state index contributed by atoms with van der Waals surface area (Å²) in [5.74, 6) is 1.93. The Hall–Kier alpha value is -2.00. The number of hydrogen-bond donors (Lipinski definition) is 1. The first-order chi connectivity index (χ1) is 10.2. The summed E-state index contributed by atoms with van der Waals surface area (Å²) in [6.45, 7) is 2.70. The molecule has 0 amide bonds. The zero-order chi connectivity index (χ0) is 15.2. The number of aryl methyl sites for hydroxylation is 1. The summed E-state index contributed by atoms with van der Waals surface area (Å²) in [5, 5.41) is 0. The van der Waals surface area contributed by atoms with Crippen LogP contribution in [0, 0.1) is 6.92 Å². The minimum atomic E-state index is 0.285. The molecule has 0 aliphatic rings. The third kappa shape index (κ3) is 3.76. The Morgan fingerprint density at radius 3 is 2.29 bits per heavy atom. The van der Waals surface area contributed by atoms with Crippen molar-refractivity contribution in [2.45, 2.75) is 19.3 Å². The number of nitrogens with two attached hydrogens (primary N) is 1. The maximum atomic E-state index is 5.97. The molecule has 0 saturated carbocycles. The van der Waals surface area contributed by atoms with Crippen molar-refractivity contribution in [3.63, 3.8) is 0 Å². The second-order valence-corrected chi connectivity index (χ2v) is 5.23. The van der Waals surface area contributed by atoms with Crippen molar-refractivity contribution >= 4 is 0 Å². The summed E-state index contributed by atoms with van der Waals surface area (Å²) < 4.78 is 10.7. The van der Waals surface area contributed by atoms with E-state index in [1.54, 1.807) is 14.2 Å². The molecular formula is C18H23NO2. The lowest BCUT2D eigenvalue weighted by molar-refractivity contribution is 0.390. The molecule has 0 radical (unpaired) electrons. The lowest BCUT2D eigenvalue weighted by atomic mass is 9.91. The summed E-state index contributed by atoms with van der Waals surface area (Å²) >= 11 is 0. The second kappa shape index (κ2) is 7.14. The Bertz CT molecular complexity index is 578. The maximum absolute atomic E-state index is 5.97. The van der Waals surface area contributed by atoms with Crippen LogP contribution in [0.5, 0.6) is 11.5 Å². The molecule has 1 atom stereocenters. The number of rotatable bonds is 6. The van der Waals surface area contributed by atoms with Gasteiger partial charge in [-0.3, -0.25) is 0 Å². The van der Waals surface area contributed by atoms with Crippen LogP contribution < -0.4 is 15.2 Å². The monoisotopic (exact) mass is 285 g/mol. The summed E-state index contributed by atoms with van der Waals surface area (Å²) in [6, 6.07) is 14.5. The van der Waals surface area contributed by atoms with Crippen molar-refractivity contribution < 1.29 is 9.47 Å². The van der Waals surface area contributed by atoms with E-state index >= 15 is 0 Å². The fourth-order valence-corrected chi connectivity index (χ4v) is 2.46. The molecule has 0 saturated heterocycles. The fraction of sp³-hybridized carbons (Fsp3) is 0.333. The van der Waals surface area contributed by atoms with Crippen LogP contribution in [0.25, 0.3) is 0 Å². The lowest BCUT2D eigenvalue weighted by Crippen LogP contribution is -2.15. The van der Waals surface area contributed by atoms with Crippen LogP contribution in [0.15, 0.2) is 42.5 Å². The number of ether oxygens (including phenoxy) is 2. The zero-order valence-corrected chi connectivity index (χ0v) is 12.9. The van der Waals surface area contributed by atoms with E-state index in [1.165, 1.54) is 11.1 Å². The molecule has 0 heterocycles. The molecule has 0 spiro atoms. The Balaban J connectivity index is 2.24. The molecular weight excluding hydrogens is 262 g/mol. The molecule has 2 aromatic carbocycles. The smallest absolute Gasteiger partial charge is 0.125 e. The standard InChI is InChI=1S/C18H23NO2/c1-13-4-6-14(7-5-13)16(12-19)10-15-8-9-17(20-2)11-18(15)21-3/h4-9,11,16H,10,12,19H2,1-3H3. The number of methoxy groups -OCH3 is 2. The van der Waals surface area contributed by atoms with Crippen molar-refractivity contribution in [2.75, 3.05) is 20.8 Å². The van der Waals surface area contributed by atoms with Crippen molar-refractivity contribution in [2.24, 2.45) is 5.73 Å². The molecule has 2 N–H and O–H groups in total. The predicted octanol–water partition coefficient (Wildman–Crippen LogP) is 3.30. The SMILES string of the molecule is COc1ccc(CC(CN)c2ccc(C)cc2)c(OC)c1. The van der Waals surface area contributed by atoms with Gasteiger partial charge in [0.25, 0.3) is 0 Å². The Kier molecular flexibility index (Phi) is 5.23. The molecule has 3 nitrogen and oxygen atoms in total. The van der Waals surface area contributed by atoms with Gasteiger partial charge in [0.05, 0.1) is 14.2 Å². The largest absolute Gasteiger partial charge is 0.497 e. The van der Waals surface area contributed by atoms with E-state index in [2.05, 4.69) is 37.3 Å². The van der Waals surface area contributed by atoms with Gasteiger partial charge in [-0.2, -0.15) is 0 Å². The minimum Gasteiger partial charge on any atom is -0.497 e. The highest BCUT2D eigenvalue weighted by molar-refractivity contribution is 5.42. The van der Waals surface area contributed by atoms with E-state index < -0.39 is 0 Å². The molecule has 0 fully saturated rings. The van der Waals surface area contributed by atoms with Gasteiger partial charge in [-0.05, 0) is 37.1 Å². The topological polar surface area (TPSA) is 44.5 Å². The van der Waals surface area contributed by atoms with E-state index in [9.17, 15) is 0 Å². The third-order valence-electron chi connectivity index (χ3n) is 3.79. The number of hydrogen-bond acceptors (Lipinski definition) is 3. The van der Waals surface area contributed by atoms with Gasteiger partial charge in [0.2, 0.25) is 0 Å². The summed E-state index contributed by atoms with van der Waals surface area (Å²) in [6.07, 6.45) is 0.854. The van der Waals surface area contributed by atoms with Crippen molar-refractivity contribution in [1.82, 2.24) is 0 Å². The van der Waals surface area contributed by atoms with Gasteiger partial charge in [-0.15, -0.1) is 0 Å². The summed E-state index contributed by atoms with van der Waals surface area (Å²) in [5.41, 5.74) is 9.65. The molecule has 0 aromatic heterocycles. The fourth-order valence-electron chi connectivity index (χ4n) is 2.46. The molecule has 0 aliphatic heterocycles. The first kappa shape index (κ1) is 15.4. The van der Waals surface area contributed by atoms with Gasteiger partial charge in [0.15, 0.2) is 0 Å². The average molecular weight is 285 g/mol. The van der Waals surface area contributed by atoms with E-state index in [0.29, 0.717) is 6.54 Å². The first-order valence-electron chi connectivity index (χ1n) is 7.15. The molecule has 2 rings (SSSR count). The second-order valence-electron chi connectivity index (χ2n) is 5.23. The molecule has 3 heteroatoms. The highest BCUT2D eigenvalue weighted by atomic mass is 16.5. The molecule has 0 bridgehead atoms. The highest BCUT2D eigenvalue weighted by Gasteiger charge is 2.14. The van der Waals surface area contributed by atoms with Crippen molar-refractivity contribution in [3.05, 3.63) is 59.2 Å². The summed E-state index contributed by atoms with van der Waals surface area (Å²) in [7, 11) is 3.34. The van der Waals surface area contributed by atoms with Gasteiger partial charge in [0.1, 0.15) is 11.5 Å². The minimum absolute atomic E-state index is 0.285. The molecule has 0 aliphatic carbocycles.